The van der Waals surface area contributed by atoms with Crippen molar-refractivity contribution in [1.82, 2.24) is 13.7 Å². The van der Waals surface area contributed by atoms with Gasteiger partial charge in [-0.25, -0.2) is 18.2 Å². The van der Waals surface area contributed by atoms with E-state index in [1.165, 1.54) is 22.0 Å². The molecule has 4 heterocycles. The third kappa shape index (κ3) is 3.29. The van der Waals surface area contributed by atoms with Crippen LogP contribution in [0.4, 0.5) is 10.5 Å². The van der Waals surface area contributed by atoms with Crippen molar-refractivity contribution >= 4 is 59.4 Å². The van der Waals surface area contributed by atoms with E-state index < -0.39 is 10.0 Å². The Hall–Kier alpha value is -2.08. The summed E-state index contributed by atoms with van der Waals surface area (Å²) < 4.78 is 39.0. The number of carbonyl (C=O) groups excluding carboxylic acids is 1. The van der Waals surface area contributed by atoms with Gasteiger partial charge in [-0.1, -0.05) is 15.9 Å². The first-order valence-corrected chi connectivity index (χ1v) is 12.4. The molecule has 2 aromatic heterocycles. The number of piperidine rings is 1. The summed E-state index contributed by atoms with van der Waals surface area (Å²) in [6.07, 6.45) is 3.69. The molecule has 156 valence electrons. The molecule has 0 N–H and O–H groups in total. The van der Waals surface area contributed by atoms with Gasteiger partial charge in [-0.2, -0.15) is 8.68 Å². The molecule has 0 aliphatic carbocycles. The monoisotopic (exact) mass is 508 g/mol. The van der Waals surface area contributed by atoms with Crippen LogP contribution >= 0.6 is 27.5 Å². The summed E-state index contributed by atoms with van der Waals surface area (Å²) in [6, 6.07) is 7.37. The smallest absolute Gasteiger partial charge is 0.414 e. The number of cyclic esters (lactones) is 1. The van der Waals surface area contributed by atoms with E-state index >= 15 is 0 Å². The fourth-order valence-electron chi connectivity index (χ4n) is 4.00. The van der Waals surface area contributed by atoms with Gasteiger partial charge >= 0.3 is 6.09 Å². The fraction of sp³-hybridized carbons (Fsp3) is 0.316. The topological polar surface area (TPSA) is 92.7 Å². The van der Waals surface area contributed by atoms with E-state index in [9.17, 15) is 13.2 Å². The maximum Gasteiger partial charge on any atom is 0.414 e. The van der Waals surface area contributed by atoms with Crippen LogP contribution in [-0.2, 0) is 21.4 Å². The third-order valence-electron chi connectivity index (χ3n) is 5.47. The number of pyridine rings is 1. The molecule has 0 bridgehead atoms. The molecule has 0 unspecified atom stereocenters. The lowest BCUT2D eigenvalue weighted by Gasteiger charge is -2.39. The Bertz CT molecular complexity index is 1240. The first-order valence-electron chi connectivity index (χ1n) is 9.39. The lowest BCUT2D eigenvalue weighted by atomic mass is 10.0. The molecular weight excluding hydrogens is 492 g/mol. The van der Waals surface area contributed by atoms with Gasteiger partial charge in [0.2, 0.25) is 0 Å². The molecule has 1 aromatic carbocycles. The molecule has 0 spiro atoms. The first kappa shape index (κ1) is 19.9. The molecular formula is C19H17BrN4O4S2. The van der Waals surface area contributed by atoms with Crippen molar-refractivity contribution in [2.45, 2.75) is 30.5 Å². The second-order valence-corrected chi connectivity index (χ2v) is 10.8. The first-order chi connectivity index (χ1) is 14.4. The largest absolute Gasteiger partial charge is 0.444 e. The fourth-order valence-corrected chi connectivity index (χ4v) is 6.68. The minimum absolute atomic E-state index is 0.0415. The number of nitrogens with zero attached hydrogens (tertiary/aromatic N) is 4. The number of amides is 1. The van der Waals surface area contributed by atoms with Crippen molar-refractivity contribution in [3.8, 4) is 0 Å². The molecule has 30 heavy (non-hydrogen) atoms. The Kier molecular flexibility index (Phi) is 5.00. The third-order valence-corrected chi connectivity index (χ3v) is 8.58. The summed E-state index contributed by atoms with van der Waals surface area (Å²) in [6.45, 7) is 0.845. The molecule has 5 rings (SSSR count). The predicted octanol–water partition coefficient (Wildman–Crippen LogP) is 3.76. The van der Waals surface area contributed by atoms with E-state index in [2.05, 4.69) is 25.3 Å². The quantitative estimate of drug-likeness (QED) is 0.534. The molecule has 1 fully saturated rings. The van der Waals surface area contributed by atoms with E-state index in [1.54, 1.807) is 17.2 Å². The van der Waals surface area contributed by atoms with Gasteiger partial charge in [0.25, 0.3) is 10.0 Å². The predicted molar refractivity (Wildman–Crippen MR) is 116 cm³/mol. The van der Waals surface area contributed by atoms with E-state index in [0.29, 0.717) is 31.3 Å². The van der Waals surface area contributed by atoms with Crippen LogP contribution in [0.1, 0.15) is 18.4 Å². The standard InChI is InChI=1S/C19H17BrN4O4S2/c20-13-1-2-16-12(9-13)11-28-19(25)24(16)14-4-7-23(8-5-14)30(26,27)18-15-10-22-29-17(15)3-6-21-18/h1-3,6,9-10,14H,4-5,7-8,11H2. The van der Waals surface area contributed by atoms with E-state index in [4.69, 9.17) is 4.74 Å². The summed E-state index contributed by atoms with van der Waals surface area (Å²) >= 11 is 4.69. The van der Waals surface area contributed by atoms with Crippen LogP contribution in [0.5, 0.6) is 0 Å². The molecule has 0 radical (unpaired) electrons. The summed E-state index contributed by atoms with van der Waals surface area (Å²) in [7, 11) is -3.74. The van der Waals surface area contributed by atoms with Crippen molar-refractivity contribution in [1.29, 1.82) is 0 Å². The normalized spacial score (nSPS) is 18.4. The maximum atomic E-state index is 13.2. The zero-order valence-corrected chi connectivity index (χ0v) is 18.9. The number of halogens is 1. The highest BCUT2D eigenvalue weighted by Crippen LogP contribution is 2.35. The van der Waals surface area contributed by atoms with Crippen molar-refractivity contribution < 1.29 is 17.9 Å². The highest BCUT2D eigenvalue weighted by Gasteiger charge is 2.38. The Morgan fingerprint density at radius 2 is 2.00 bits per heavy atom. The van der Waals surface area contributed by atoms with Gasteiger partial charge in [0.1, 0.15) is 6.61 Å². The number of rotatable bonds is 3. The number of anilines is 1. The van der Waals surface area contributed by atoms with Crippen LogP contribution in [0.15, 0.2) is 46.2 Å². The van der Waals surface area contributed by atoms with Gasteiger partial charge in [0.05, 0.1) is 22.0 Å². The van der Waals surface area contributed by atoms with Gasteiger partial charge < -0.3 is 4.74 Å². The molecule has 2 aliphatic rings. The SMILES string of the molecule is O=C1OCc2cc(Br)ccc2N1C1CCN(S(=O)(=O)c2nccc3sncc23)CC1. The number of sulfonamides is 1. The summed E-state index contributed by atoms with van der Waals surface area (Å²) in [5, 5.41) is 0.587. The van der Waals surface area contributed by atoms with Gasteiger partial charge in [0, 0.05) is 35.4 Å². The molecule has 0 atom stereocenters. The van der Waals surface area contributed by atoms with E-state index in [-0.39, 0.29) is 23.8 Å². The Morgan fingerprint density at radius 1 is 1.20 bits per heavy atom. The Balaban J connectivity index is 1.38. The second-order valence-electron chi connectivity index (χ2n) is 7.19. The lowest BCUT2D eigenvalue weighted by Crippen LogP contribution is -2.50. The number of ether oxygens (including phenoxy) is 1. The molecule has 1 amide bonds. The van der Waals surface area contributed by atoms with Crippen molar-refractivity contribution in [3.05, 3.63) is 46.7 Å². The number of hydrogen-bond acceptors (Lipinski definition) is 7. The van der Waals surface area contributed by atoms with Gasteiger partial charge in [-0.05, 0) is 48.6 Å². The number of fused-ring (bicyclic) bond motifs is 2. The van der Waals surface area contributed by atoms with Gasteiger partial charge in [-0.3, -0.25) is 4.90 Å². The van der Waals surface area contributed by atoms with Crippen molar-refractivity contribution in [3.63, 3.8) is 0 Å². The molecule has 0 saturated carbocycles. The molecule has 2 aliphatic heterocycles. The minimum atomic E-state index is -3.74. The number of hydrogen-bond donors (Lipinski definition) is 0. The summed E-state index contributed by atoms with van der Waals surface area (Å²) in [5.74, 6) is 0. The Labute approximate surface area is 185 Å². The minimum Gasteiger partial charge on any atom is -0.444 e. The number of aromatic nitrogens is 2. The zero-order chi connectivity index (χ0) is 20.9. The average molecular weight is 509 g/mol. The lowest BCUT2D eigenvalue weighted by molar-refractivity contribution is 0.135. The van der Waals surface area contributed by atoms with Crippen molar-refractivity contribution in [2.75, 3.05) is 18.0 Å². The molecule has 8 nitrogen and oxygen atoms in total. The maximum absolute atomic E-state index is 13.2. The van der Waals surface area contributed by atoms with Crippen LogP contribution in [0.3, 0.4) is 0 Å². The van der Waals surface area contributed by atoms with Crippen LogP contribution in [0.25, 0.3) is 10.1 Å². The van der Waals surface area contributed by atoms with E-state index in [1.807, 2.05) is 18.2 Å². The summed E-state index contributed by atoms with van der Waals surface area (Å²) in [5.41, 5.74) is 1.76. The Morgan fingerprint density at radius 3 is 2.80 bits per heavy atom. The van der Waals surface area contributed by atoms with Gasteiger partial charge in [-0.15, -0.1) is 0 Å². The number of benzene rings is 1. The van der Waals surface area contributed by atoms with Crippen LogP contribution in [0.2, 0.25) is 0 Å². The summed E-state index contributed by atoms with van der Waals surface area (Å²) in [4.78, 5) is 18.3. The second kappa shape index (κ2) is 7.56. The average Bonchev–Trinajstić information content (AvgIpc) is 3.23. The van der Waals surface area contributed by atoms with Gasteiger partial charge in [0.15, 0.2) is 5.03 Å². The van der Waals surface area contributed by atoms with Crippen LogP contribution in [0, 0.1) is 0 Å². The molecule has 11 heteroatoms. The van der Waals surface area contributed by atoms with E-state index in [0.717, 1.165) is 20.4 Å². The highest BCUT2D eigenvalue weighted by atomic mass is 79.9. The molecule has 1 saturated heterocycles. The van der Waals surface area contributed by atoms with Crippen molar-refractivity contribution in [2.24, 2.45) is 0 Å². The number of carbonyl (C=O) groups is 1. The van der Waals surface area contributed by atoms with Crippen LogP contribution in [-0.4, -0.2) is 47.3 Å². The zero-order valence-electron chi connectivity index (χ0n) is 15.7. The van der Waals surface area contributed by atoms with Crippen LogP contribution < -0.4 is 4.90 Å². The molecule has 3 aromatic rings. The highest BCUT2D eigenvalue weighted by molar-refractivity contribution is 9.10.